The van der Waals surface area contributed by atoms with Gasteiger partial charge in [0, 0.05) is 43.6 Å². The van der Waals surface area contributed by atoms with Gasteiger partial charge in [-0.3, -0.25) is 14.9 Å². The third-order valence-corrected chi connectivity index (χ3v) is 4.53. The van der Waals surface area contributed by atoms with E-state index in [4.69, 9.17) is 9.47 Å². The largest absolute Gasteiger partial charge is 0.366 e. The van der Waals surface area contributed by atoms with Crippen LogP contribution in [0.4, 0.5) is 11.4 Å². The normalized spacial score (nSPS) is 19.4. The summed E-state index contributed by atoms with van der Waals surface area (Å²) in [6.07, 6.45) is 1.33. The number of hydrogen-bond acceptors (Lipinski definition) is 6. The Bertz CT molecular complexity index is 660. The van der Waals surface area contributed by atoms with E-state index in [-0.39, 0.29) is 17.6 Å². The van der Waals surface area contributed by atoms with Gasteiger partial charge >= 0.3 is 0 Å². The average Bonchev–Trinajstić information content (AvgIpc) is 3.02. The minimum atomic E-state index is -0.525. The molecular weight excluding hydrogens is 326 g/mol. The Morgan fingerprint density at radius 3 is 2.48 bits per heavy atom. The first-order chi connectivity index (χ1) is 11.9. The molecule has 2 aliphatic heterocycles. The molecule has 2 aliphatic rings. The van der Waals surface area contributed by atoms with Gasteiger partial charge in [0.05, 0.1) is 18.1 Å². The summed E-state index contributed by atoms with van der Waals surface area (Å²) in [4.78, 5) is 25.1. The van der Waals surface area contributed by atoms with Gasteiger partial charge in [-0.1, -0.05) is 0 Å². The Kier molecular flexibility index (Phi) is 4.91. The summed E-state index contributed by atoms with van der Waals surface area (Å²) < 4.78 is 11.4. The molecule has 0 bridgehead atoms. The van der Waals surface area contributed by atoms with Crippen molar-refractivity contribution in [2.75, 3.05) is 31.2 Å². The number of amides is 1. The van der Waals surface area contributed by atoms with Crippen molar-refractivity contribution in [1.29, 1.82) is 0 Å². The molecule has 1 spiro atoms. The average molecular weight is 349 g/mol. The summed E-state index contributed by atoms with van der Waals surface area (Å²) in [5.41, 5.74) is 0.764. The minimum Gasteiger partial charge on any atom is -0.366 e. The number of anilines is 1. The van der Waals surface area contributed by atoms with E-state index in [2.05, 4.69) is 5.32 Å². The fraction of sp³-hybridized carbons (Fsp3) is 0.588. The fourth-order valence-corrected chi connectivity index (χ4v) is 3.30. The van der Waals surface area contributed by atoms with Crippen molar-refractivity contribution in [2.45, 2.75) is 38.5 Å². The van der Waals surface area contributed by atoms with E-state index < -0.39 is 10.7 Å². The van der Waals surface area contributed by atoms with Crippen molar-refractivity contribution in [2.24, 2.45) is 0 Å². The van der Waals surface area contributed by atoms with E-state index >= 15 is 0 Å². The van der Waals surface area contributed by atoms with Gasteiger partial charge in [0.15, 0.2) is 5.79 Å². The smallest absolute Gasteiger partial charge is 0.293 e. The number of nitro groups is 1. The monoisotopic (exact) mass is 349 g/mol. The van der Waals surface area contributed by atoms with E-state index in [1.165, 1.54) is 6.07 Å². The second kappa shape index (κ2) is 6.97. The molecule has 0 atom stereocenters. The van der Waals surface area contributed by atoms with Gasteiger partial charge in [0.25, 0.3) is 11.6 Å². The Balaban J connectivity index is 1.79. The van der Waals surface area contributed by atoms with E-state index in [1.54, 1.807) is 12.1 Å². The van der Waals surface area contributed by atoms with Crippen molar-refractivity contribution in [3.05, 3.63) is 33.9 Å². The lowest BCUT2D eigenvalue weighted by atomic mass is 10.0. The van der Waals surface area contributed by atoms with Crippen LogP contribution >= 0.6 is 0 Å². The molecule has 8 heteroatoms. The van der Waals surface area contributed by atoms with E-state index in [0.717, 1.165) is 0 Å². The lowest BCUT2D eigenvalue weighted by Crippen LogP contribution is -2.45. The number of rotatable bonds is 4. The summed E-state index contributed by atoms with van der Waals surface area (Å²) in [5.74, 6) is -0.836. The molecule has 1 aromatic rings. The number of benzene rings is 1. The SMILES string of the molecule is CC(C)NC(=O)c1ccc(N2CCC3(CC2)OCCO3)c([N+](=O)[O-])c1. The van der Waals surface area contributed by atoms with Crippen molar-refractivity contribution in [3.63, 3.8) is 0 Å². The Morgan fingerprint density at radius 1 is 1.28 bits per heavy atom. The van der Waals surface area contributed by atoms with Crippen LogP contribution in [0, 0.1) is 10.1 Å². The lowest BCUT2D eigenvalue weighted by Gasteiger charge is -2.38. The molecular formula is C17H23N3O5. The second-order valence-electron chi connectivity index (χ2n) is 6.68. The maximum atomic E-state index is 12.1. The molecule has 1 N–H and O–H groups in total. The van der Waals surface area contributed by atoms with Crippen molar-refractivity contribution >= 4 is 17.3 Å². The number of nitro benzene ring substituents is 1. The molecule has 1 aromatic carbocycles. The second-order valence-corrected chi connectivity index (χ2v) is 6.68. The van der Waals surface area contributed by atoms with Crippen molar-refractivity contribution < 1.29 is 19.2 Å². The molecule has 0 unspecified atom stereocenters. The maximum absolute atomic E-state index is 12.1. The molecule has 0 aliphatic carbocycles. The first kappa shape index (κ1) is 17.6. The molecule has 0 saturated carbocycles. The number of ether oxygens (including phenoxy) is 2. The predicted octanol–water partition coefficient (Wildman–Crippen LogP) is 2.08. The molecule has 1 amide bonds. The predicted molar refractivity (Wildman–Crippen MR) is 91.8 cm³/mol. The first-order valence-corrected chi connectivity index (χ1v) is 8.52. The van der Waals surface area contributed by atoms with Gasteiger partial charge in [0.1, 0.15) is 5.69 Å². The quantitative estimate of drug-likeness (QED) is 0.661. The zero-order valence-electron chi connectivity index (χ0n) is 14.5. The third kappa shape index (κ3) is 3.74. The molecule has 2 heterocycles. The molecule has 136 valence electrons. The van der Waals surface area contributed by atoms with Gasteiger partial charge < -0.3 is 19.7 Å². The molecule has 8 nitrogen and oxygen atoms in total. The minimum absolute atomic E-state index is 0.0315. The Morgan fingerprint density at radius 2 is 1.92 bits per heavy atom. The first-order valence-electron chi connectivity index (χ1n) is 8.52. The van der Waals surface area contributed by atoms with Crippen LogP contribution in [-0.2, 0) is 9.47 Å². The number of nitrogens with zero attached hydrogens (tertiary/aromatic N) is 2. The highest BCUT2D eigenvalue weighted by atomic mass is 16.7. The van der Waals surface area contributed by atoms with Crippen LogP contribution in [0.3, 0.4) is 0 Å². The number of carbonyl (C=O) groups excluding carboxylic acids is 1. The van der Waals surface area contributed by atoms with E-state index in [9.17, 15) is 14.9 Å². The summed E-state index contributed by atoms with van der Waals surface area (Å²) in [6, 6.07) is 4.60. The van der Waals surface area contributed by atoms with Crippen LogP contribution in [0.1, 0.15) is 37.0 Å². The molecule has 25 heavy (non-hydrogen) atoms. The standard InChI is InChI=1S/C17H23N3O5/c1-12(2)18-16(21)13-3-4-14(15(11-13)20(22)23)19-7-5-17(6-8-19)24-9-10-25-17/h3-4,11-12H,5-10H2,1-2H3,(H,18,21). The number of nitrogens with one attached hydrogen (secondary N) is 1. The zero-order valence-corrected chi connectivity index (χ0v) is 14.5. The van der Waals surface area contributed by atoms with Gasteiger partial charge in [-0.15, -0.1) is 0 Å². The highest BCUT2D eigenvalue weighted by molar-refractivity contribution is 5.96. The highest BCUT2D eigenvalue weighted by Gasteiger charge is 2.40. The fourth-order valence-electron chi connectivity index (χ4n) is 3.30. The summed E-state index contributed by atoms with van der Waals surface area (Å²) in [7, 11) is 0. The van der Waals surface area contributed by atoms with Gasteiger partial charge in [-0.2, -0.15) is 0 Å². The molecule has 0 aromatic heterocycles. The van der Waals surface area contributed by atoms with Crippen LogP contribution in [0.25, 0.3) is 0 Å². The summed E-state index contributed by atoms with van der Waals surface area (Å²) in [5, 5.41) is 14.3. The van der Waals surface area contributed by atoms with Crippen LogP contribution in [-0.4, -0.2) is 49.0 Å². The third-order valence-electron chi connectivity index (χ3n) is 4.53. The van der Waals surface area contributed by atoms with Crippen LogP contribution in [0.15, 0.2) is 18.2 Å². The number of hydrogen-bond donors (Lipinski definition) is 1. The van der Waals surface area contributed by atoms with Crippen molar-refractivity contribution in [1.82, 2.24) is 5.32 Å². The van der Waals surface area contributed by atoms with Gasteiger partial charge in [-0.05, 0) is 26.0 Å². The molecule has 2 saturated heterocycles. The summed E-state index contributed by atoms with van der Waals surface area (Å²) in [6.45, 7) is 6.10. The van der Waals surface area contributed by atoms with Crippen molar-refractivity contribution in [3.8, 4) is 0 Å². The van der Waals surface area contributed by atoms with Gasteiger partial charge in [0.2, 0.25) is 0 Å². The highest BCUT2D eigenvalue weighted by Crippen LogP contribution is 2.36. The Labute approximate surface area is 146 Å². The summed E-state index contributed by atoms with van der Waals surface area (Å²) >= 11 is 0. The molecule has 0 radical (unpaired) electrons. The molecule has 3 rings (SSSR count). The number of piperidine rings is 1. The topological polar surface area (TPSA) is 93.9 Å². The Hall–Kier alpha value is -2.19. The maximum Gasteiger partial charge on any atom is 0.293 e. The van der Waals surface area contributed by atoms with Crippen LogP contribution < -0.4 is 10.2 Å². The van der Waals surface area contributed by atoms with Gasteiger partial charge in [-0.25, -0.2) is 0 Å². The zero-order chi connectivity index (χ0) is 18.0. The lowest BCUT2D eigenvalue weighted by molar-refractivity contribution is -0.384. The van der Waals surface area contributed by atoms with E-state index in [0.29, 0.717) is 50.4 Å². The van der Waals surface area contributed by atoms with Crippen LogP contribution in [0.5, 0.6) is 0 Å². The number of carbonyl (C=O) groups is 1. The molecule has 2 fully saturated rings. The van der Waals surface area contributed by atoms with Crippen LogP contribution in [0.2, 0.25) is 0 Å². The van der Waals surface area contributed by atoms with E-state index in [1.807, 2.05) is 18.7 Å².